The van der Waals surface area contributed by atoms with E-state index in [1.807, 2.05) is 31.2 Å². The number of carbonyl (C=O) groups is 4. The fourth-order valence-corrected chi connectivity index (χ4v) is 8.64. The lowest BCUT2D eigenvalue weighted by atomic mass is 9.93. The Morgan fingerprint density at radius 3 is 1.61 bits per heavy atom. The minimum Gasteiger partial charge on any atom is -0.449 e. The monoisotopic (exact) mass is 1270 g/mol. The normalized spacial score (nSPS) is 13.2. The van der Waals surface area contributed by atoms with Gasteiger partial charge < -0.3 is 78.1 Å². The van der Waals surface area contributed by atoms with E-state index in [1.165, 1.54) is 0 Å². The van der Waals surface area contributed by atoms with Crippen molar-refractivity contribution in [3.63, 3.8) is 0 Å². The molecule has 1 fully saturated rings. The number of nitrogens with two attached hydrogens (primary N) is 1. The van der Waals surface area contributed by atoms with E-state index in [0.717, 1.165) is 42.4 Å². The first kappa shape index (κ1) is 72.4. The number of ether oxygens (including phenoxy) is 12. The van der Waals surface area contributed by atoms with Crippen molar-refractivity contribution in [2.75, 3.05) is 152 Å². The van der Waals surface area contributed by atoms with Crippen LogP contribution in [0.3, 0.4) is 0 Å². The van der Waals surface area contributed by atoms with E-state index in [9.17, 15) is 45.2 Å². The third kappa shape index (κ3) is 27.2. The number of halogens is 4. The molecule has 5 N–H and O–H groups in total. The molecule has 0 atom stereocenters. The van der Waals surface area contributed by atoms with Crippen molar-refractivity contribution < 1.29 is 107 Å². The summed E-state index contributed by atoms with van der Waals surface area (Å²) in [6.45, 7) is 8.95. The third-order valence-corrected chi connectivity index (χ3v) is 13.6. The highest BCUT2D eigenvalue weighted by molar-refractivity contribution is 7.85. The molecule has 2 aliphatic rings. The average molecular weight is 1270 g/mol. The second kappa shape index (κ2) is 41.0. The molecule has 3 aromatic rings. The van der Waals surface area contributed by atoms with Crippen LogP contribution in [0.5, 0.6) is 5.75 Å². The topological polar surface area (TPSA) is 325 Å². The summed E-state index contributed by atoms with van der Waals surface area (Å²) < 4.78 is 150. The van der Waals surface area contributed by atoms with Crippen molar-refractivity contribution in [1.82, 2.24) is 25.5 Å². The van der Waals surface area contributed by atoms with Gasteiger partial charge in [-0.25, -0.2) is 28.5 Å². The Morgan fingerprint density at radius 2 is 1.15 bits per heavy atom. The SMILES string of the molecule is CCCN(CCCOC(=O)NC1CCC1)C(=O)C1=Cc2ccc(-c3cnc(CNC(=O)CCOCCOCCOCCOCCOCCOCCOCCOCCOCCOCCC(=O)Oc4c(F)c(F)c(S(=O)(=O)O)c(F)c4F)nc3)cc2N=C(N)C1. The van der Waals surface area contributed by atoms with Crippen molar-refractivity contribution in [3.05, 3.63) is 70.8 Å². The molecule has 2 heterocycles. The van der Waals surface area contributed by atoms with Crippen LogP contribution in [-0.2, 0) is 83.2 Å². The van der Waals surface area contributed by atoms with E-state index in [4.69, 9.17) is 62.4 Å². The second-order valence-corrected chi connectivity index (χ2v) is 20.8. The van der Waals surface area contributed by atoms with Crippen molar-refractivity contribution >= 4 is 51.6 Å². The molecule has 3 amide bonds. The van der Waals surface area contributed by atoms with Gasteiger partial charge in [0.25, 0.3) is 0 Å². The lowest BCUT2D eigenvalue weighted by molar-refractivity contribution is -0.136. The predicted molar refractivity (Wildman–Crippen MR) is 306 cm³/mol. The summed E-state index contributed by atoms with van der Waals surface area (Å²) in [5, 5.41) is 5.66. The standard InChI is InChI=1S/C57H79F4N7O19S/c1-2-11-68(12-4-13-86-57(72)66-44-5-3-6-44)56(71)42-34-41-8-7-40(35-45(41)67-46(62)36-42)43-37-63-47(64-38-43)39-65-48(69)9-14-76-16-18-78-20-22-80-24-26-82-28-30-84-32-33-85-31-29-83-27-25-81-23-21-79-19-17-77-15-10-49(70)87-54-50(58)52(60)55(88(73,74)75)53(61)51(54)59/h7-8,34-35,37-38,44H,2-6,9-33,36,39H2,1H3,(H2,62,67)(H,65,69)(H,66,72)(H,73,74,75). The molecule has 0 saturated heterocycles. The van der Waals surface area contributed by atoms with Gasteiger partial charge in [0.1, 0.15) is 11.7 Å². The minimum absolute atomic E-state index is 0.0134. The van der Waals surface area contributed by atoms with Crippen LogP contribution in [-0.4, -0.2) is 215 Å². The smallest absolute Gasteiger partial charge is 0.407 e. The first-order valence-electron chi connectivity index (χ1n) is 28.8. The van der Waals surface area contributed by atoms with Crippen LogP contribution >= 0.6 is 0 Å². The van der Waals surface area contributed by atoms with Crippen molar-refractivity contribution in [1.29, 1.82) is 0 Å². The van der Waals surface area contributed by atoms with Gasteiger partial charge in [-0.05, 0) is 49.8 Å². The summed E-state index contributed by atoms with van der Waals surface area (Å²) in [4.78, 5) is 63.0. The summed E-state index contributed by atoms with van der Waals surface area (Å²) in [7, 11) is -5.65. The molecular formula is C57H79F4N7O19S. The van der Waals surface area contributed by atoms with Crippen molar-refractivity contribution in [2.24, 2.45) is 10.7 Å². The Kier molecular flexibility index (Phi) is 33.8. The maximum Gasteiger partial charge on any atom is 0.407 e. The van der Waals surface area contributed by atoms with Gasteiger partial charge >= 0.3 is 22.2 Å². The number of aliphatic imine (C=N–C) groups is 1. The quantitative estimate of drug-likeness (QED) is 0.0147. The van der Waals surface area contributed by atoms with Gasteiger partial charge in [-0.3, -0.25) is 18.9 Å². The first-order valence-corrected chi connectivity index (χ1v) is 30.3. The number of amides is 3. The van der Waals surface area contributed by atoms with Crippen LogP contribution in [0.4, 0.5) is 28.0 Å². The van der Waals surface area contributed by atoms with Gasteiger partial charge in [0, 0.05) is 61.1 Å². The molecule has 26 nitrogen and oxygen atoms in total. The molecule has 5 rings (SSSR count). The van der Waals surface area contributed by atoms with Gasteiger partial charge in [0.05, 0.1) is 157 Å². The number of aromatic nitrogens is 2. The number of nitrogens with zero attached hydrogens (tertiary/aromatic N) is 4. The van der Waals surface area contributed by atoms with E-state index in [-0.39, 0.29) is 83.5 Å². The molecule has 2 aromatic carbocycles. The van der Waals surface area contributed by atoms with Gasteiger partial charge in [-0.15, -0.1) is 0 Å². The van der Waals surface area contributed by atoms with Gasteiger partial charge in [0.2, 0.25) is 29.2 Å². The lowest BCUT2D eigenvalue weighted by Crippen LogP contribution is -2.40. The van der Waals surface area contributed by atoms with Crippen LogP contribution in [0.25, 0.3) is 17.2 Å². The maximum absolute atomic E-state index is 14.0. The zero-order valence-electron chi connectivity index (χ0n) is 49.3. The Morgan fingerprint density at radius 1 is 0.659 bits per heavy atom. The number of hydrogen-bond donors (Lipinski definition) is 4. The van der Waals surface area contributed by atoms with E-state index >= 15 is 0 Å². The average Bonchev–Trinajstić information content (AvgIpc) is 1.87. The number of benzene rings is 2. The Balaban J connectivity index is 0.755. The number of rotatable bonds is 46. The molecule has 0 unspecified atom stereocenters. The van der Waals surface area contributed by atoms with Crippen molar-refractivity contribution in [2.45, 2.75) is 75.8 Å². The van der Waals surface area contributed by atoms with Crippen LogP contribution in [0, 0.1) is 23.3 Å². The summed E-state index contributed by atoms with van der Waals surface area (Å²) in [5.74, 6) is -12.3. The fourth-order valence-electron chi connectivity index (χ4n) is 8.01. The highest BCUT2D eigenvalue weighted by Gasteiger charge is 2.34. The van der Waals surface area contributed by atoms with Crippen LogP contribution < -0.4 is 21.1 Å². The Bertz CT molecular complexity index is 2790. The summed E-state index contributed by atoms with van der Waals surface area (Å²) in [6.07, 6.45) is 8.85. The fraction of sp³-hybridized carbons (Fsp3) is 0.596. The zero-order valence-corrected chi connectivity index (χ0v) is 50.1. The van der Waals surface area contributed by atoms with E-state index in [1.54, 1.807) is 17.3 Å². The number of carbonyl (C=O) groups excluding carboxylic acids is 4. The molecule has 490 valence electrons. The maximum atomic E-state index is 14.0. The first-order chi connectivity index (χ1) is 42.5. The molecule has 0 radical (unpaired) electrons. The van der Waals surface area contributed by atoms with Gasteiger partial charge in [0.15, 0.2) is 16.5 Å². The zero-order chi connectivity index (χ0) is 63.4. The second-order valence-electron chi connectivity index (χ2n) is 19.4. The molecule has 1 aliphatic heterocycles. The molecular weight excluding hydrogens is 1190 g/mol. The Hall–Kier alpha value is -6.36. The number of amidine groups is 1. The summed E-state index contributed by atoms with van der Waals surface area (Å²) in [6, 6.07) is 5.85. The molecule has 1 aromatic heterocycles. The van der Waals surface area contributed by atoms with E-state index < -0.39 is 62.5 Å². The number of hydrogen-bond acceptors (Lipinski definition) is 22. The number of fused-ring (bicyclic) bond motifs is 1. The highest BCUT2D eigenvalue weighted by atomic mass is 32.2. The largest absolute Gasteiger partial charge is 0.449 e. The van der Waals surface area contributed by atoms with Crippen LogP contribution in [0.2, 0.25) is 0 Å². The van der Waals surface area contributed by atoms with Crippen LogP contribution in [0.15, 0.2) is 46.1 Å². The molecule has 0 spiro atoms. The molecule has 1 saturated carbocycles. The highest BCUT2D eigenvalue weighted by Crippen LogP contribution is 2.34. The molecule has 31 heteroatoms. The lowest BCUT2D eigenvalue weighted by Gasteiger charge is -2.26. The van der Waals surface area contributed by atoms with Crippen molar-refractivity contribution in [3.8, 4) is 16.9 Å². The summed E-state index contributed by atoms with van der Waals surface area (Å²) >= 11 is 0. The van der Waals surface area contributed by atoms with Gasteiger partial charge in [-0.2, -0.15) is 17.2 Å². The third-order valence-electron chi connectivity index (χ3n) is 12.7. The van der Waals surface area contributed by atoms with Gasteiger partial charge in [-0.1, -0.05) is 19.1 Å². The number of alkyl carbamates (subject to hydrolysis) is 1. The Labute approximate surface area is 508 Å². The summed E-state index contributed by atoms with van der Waals surface area (Å²) in [5.41, 5.74) is 9.76. The molecule has 0 bridgehead atoms. The van der Waals surface area contributed by atoms with E-state index in [2.05, 4.69) is 30.3 Å². The number of esters is 1. The van der Waals surface area contributed by atoms with Crippen LogP contribution in [0.1, 0.15) is 69.7 Å². The minimum atomic E-state index is -5.65. The van der Waals surface area contributed by atoms with E-state index in [0.29, 0.717) is 135 Å². The number of nitrogens with one attached hydrogen (secondary N) is 2. The predicted octanol–water partition coefficient (Wildman–Crippen LogP) is 4.80. The molecule has 1 aliphatic carbocycles. The molecule has 88 heavy (non-hydrogen) atoms.